The Balaban J connectivity index is 2.04. The number of sulfone groups is 1. The minimum Gasteiger partial charge on any atom is -0.356 e. The standard InChI is InChI=1S/C16H17N3O3S/c1-9-4-3-5-11(9)15-13-12(22-19-15)7-6-10-8-17-16(18-14(10)13)23(2,20)21/h6-9,11H,3-5H2,1-2H3/t9-,11+/m1/s1. The number of rotatable bonds is 2. The zero-order chi connectivity index (χ0) is 16.2. The fourth-order valence-corrected chi connectivity index (χ4v) is 4.01. The molecule has 4 rings (SSSR count). The number of benzene rings is 1. The molecule has 2 atom stereocenters. The van der Waals surface area contributed by atoms with Crippen LogP contribution in [0.1, 0.15) is 37.8 Å². The van der Waals surface area contributed by atoms with Gasteiger partial charge >= 0.3 is 0 Å². The van der Waals surface area contributed by atoms with Crippen molar-refractivity contribution in [3.8, 4) is 0 Å². The highest BCUT2D eigenvalue weighted by molar-refractivity contribution is 7.90. The normalized spacial score (nSPS) is 22.2. The van der Waals surface area contributed by atoms with Crippen LogP contribution in [0.3, 0.4) is 0 Å². The van der Waals surface area contributed by atoms with E-state index in [9.17, 15) is 8.42 Å². The minimum absolute atomic E-state index is 0.163. The van der Waals surface area contributed by atoms with E-state index in [1.54, 1.807) is 6.20 Å². The van der Waals surface area contributed by atoms with Crippen LogP contribution in [0.25, 0.3) is 21.9 Å². The van der Waals surface area contributed by atoms with Crippen LogP contribution in [0, 0.1) is 5.92 Å². The number of nitrogens with zero attached hydrogens (tertiary/aromatic N) is 3. The molecule has 0 radical (unpaired) electrons. The molecule has 23 heavy (non-hydrogen) atoms. The lowest BCUT2D eigenvalue weighted by molar-refractivity contribution is 0.421. The predicted octanol–water partition coefficient (Wildman–Crippen LogP) is 3.08. The van der Waals surface area contributed by atoms with Gasteiger partial charge in [0.25, 0.3) is 0 Å². The average molecular weight is 331 g/mol. The van der Waals surface area contributed by atoms with Gasteiger partial charge in [0.1, 0.15) is 0 Å². The lowest BCUT2D eigenvalue weighted by atomic mass is 9.92. The summed E-state index contributed by atoms with van der Waals surface area (Å²) in [5.74, 6) is 0.869. The van der Waals surface area contributed by atoms with Gasteiger partial charge in [-0.3, -0.25) is 0 Å². The van der Waals surface area contributed by atoms with Gasteiger partial charge in [0.2, 0.25) is 15.0 Å². The molecular formula is C16H17N3O3S. The van der Waals surface area contributed by atoms with Crippen LogP contribution in [-0.2, 0) is 9.84 Å². The van der Waals surface area contributed by atoms with E-state index in [1.807, 2.05) is 12.1 Å². The summed E-state index contributed by atoms with van der Waals surface area (Å²) in [6, 6.07) is 3.67. The number of fused-ring (bicyclic) bond motifs is 3. The average Bonchev–Trinajstić information content (AvgIpc) is 3.11. The van der Waals surface area contributed by atoms with Gasteiger partial charge in [0.05, 0.1) is 16.6 Å². The van der Waals surface area contributed by atoms with Crippen LogP contribution in [0.2, 0.25) is 0 Å². The Bertz CT molecular complexity index is 1010. The second-order valence-electron chi connectivity index (χ2n) is 6.38. The molecule has 1 aromatic carbocycles. The first-order valence-corrected chi connectivity index (χ1v) is 9.59. The van der Waals surface area contributed by atoms with E-state index in [1.165, 1.54) is 12.8 Å². The molecule has 1 saturated carbocycles. The van der Waals surface area contributed by atoms with Crippen molar-refractivity contribution in [3.05, 3.63) is 24.0 Å². The summed E-state index contributed by atoms with van der Waals surface area (Å²) in [6.45, 7) is 2.22. The second-order valence-corrected chi connectivity index (χ2v) is 8.29. The SMILES string of the molecule is C[C@@H]1CCC[C@@H]1c1noc2ccc3cnc(S(C)(=O)=O)nc3c12. The van der Waals surface area contributed by atoms with Crippen molar-refractivity contribution in [1.29, 1.82) is 0 Å². The maximum absolute atomic E-state index is 11.8. The highest BCUT2D eigenvalue weighted by Gasteiger charge is 2.30. The molecule has 7 heteroatoms. The van der Waals surface area contributed by atoms with Crippen LogP contribution >= 0.6 is 0 Å². The predicted molar refractivity (Wildman–Crippen MR) is 86.0 cm³/mol. The van der Waals surface area contributed by atoms with Gasteiger partial charge in [-0.05, 0) is 24.5 Å². The quantitative estimate of drug-likeness (QED) is 0.671. The molecule has 1 aliphatic carbocycles. The molecule has 1 fully saturated rings. The van der Waals surface area contributed by atoms with Crippen LogP contribution < -0.4 is 0 Å². The Kier molecular flexibility index (Phi) is 3.16. The second kappa shape index (κ2) is 4.99. The van der Waals surface area contributed by atoms with Crippen molar-refractivity contribution in [3.63, 3.8) is 0 Å². The van der Waals surface area contributed by atoms with E-state index in [-0.39, 0.29) is 5.16 Å². The Morgan fingerprint density at radius 2 is 2.09 bits per heavy atom. The smallest absolute Gasteiger partial charge is 0.247 e. The first-order valence-electron chi connectivity index (χ1n) is 7.70. The van der Waals surface area contributed by atoms with Crippen molar-refractivity contribution in [1.82, 2.24) is 15.1 Å². The van der Waals surface area contributed by atoms with E-state index in [0.717, 1.165) is 29.1 Å². The summed E-state index contributed by atoms with van der Waals surface area (Å²) in [7, 11) is -3.46. The van der Waals surface area contributed by atoms with E-state index in [0.29, 0.717) is 22.9 Å². The molecule has 0 spiro atoms. The Morgan fingerprint density at radius 3 is 2.78 bits per heavy atom. The summed E-state index contributed by atoms with van der Waals surface area (Å²) in [4.78, 5) is 8.27. The molecule has 120 valence electrons. The number of aromatic nitrogens is 3. The topological polar surface area (TPSA) is 86.0 Å². The lowest BCUT2D eigenvalue weighted by Crippen LogP contribution is -2.05. The van der Waals surface area contributed by atoms with Gasteiger partial charge in [-0.15, -0.1) is 0 Å². The molecule has 0 saturated heterocycles. The summed E-state index contributed by atoms with van der Waals surface area (Å²) in [6.07, 6.45) is 6.08. The fraction of sp³-hybridized carbons (Fsp3) is 0.438. The largest absolute Gasteiger partial charge is 0.356 e. The molecule has 0 amide bonds. The van der Waals surface area contributed by atoms with Gasteiger partial charge in [0, 0.05) is 23.8 Å². The molecule has 0 bridgehead atoms. The molecule has 1 aliphatic rings. The maximum Gasteiger partial charge on any atom is 0.247 e. The van der Waals surface area contributed by atoms with Crippen molar-refractivity contribution in [2.24, 2.45) is 5.92 Å². The van der Waals surface area contributed by atoms with Crippen LogP contribution in [0.5, 0.6) is 0 Å². The molecule has 0 unspecified atom stereocenters. The van der Waals surface area contributed by atoms with Crippen molar-refractivity contribution in [2.45, 2.75) is 37.3 Å². The third-order valence-electron chi connectivity index (χ3n) is 4.74. The third kappa shape index (κ3) is 2.30. The summed E-state index contributed by atoms with van der Waals surface area (Å²) in [5.41, 5.74) is 2.15. The van der Waals surface area contributed by atoms with Crippen molar-refractivity contribution < 1.29 is 12.9 Å². The zero-order valence-electron chi connectivity index (χ0n) is 13.0. The molecule has 0 aliphatic heterocycles. The zero-order valence-corrected chi connectivity index (χ0v) is 13.8. The third-order valence-corrected chi connectivity index (χ3v) is 5.60. The first kappa shape index (κ1) is 14.6. The van der Waals surface area contributed by atoms with Crippen LogP contribution in [-0.4, -0.2) is 29.8 Å². The first-order chi connectivity index (χ1) is 10.9. The van der Waals surface area contributed by atoms with E-state index < -0.39 is 9.84 Å². The van der Waals surface area contributed by atoms with Gasteiger partial charge in [-0.25, -0.2) is 18.4 Å². The van der Waals surface area contributed by atoms with Gasteiger partial charge < -0.3 is 4.52 Å². The maximum atomic E-state index is 11.8. The van der Waals surface area contributed by atoms with Crippen molar-refractivity contribution in [2.75, 3.05) is 6.26 Å². The molecule has 6 nitrogen and oxygen atoms in total. The van der Waals surface area contributed by atoms with Gasteiger partial charge in [0.15, 0.2) is 5.58 Å². The Labute approximate surface area is 133 Å². The Hall–Kier alpha value is -2.02. The molecule has 0 N–H and O–H groups in total. The van der Waals surface area contributed by atoms with Gasteiger partial charge in [-0.1, -0.05) is 24.9 Å². The molecule has 2 aromatic heterocycles. The van der Waals surface area contributed by atoms with Crippen LogP contribution in [0.15, 0.2) is 28.0 Å². The highest BCUT2D eigenvalue weighted by Crippen LogP contribution is 2.42. The minimum atomic E-state index is -3.46. The number of hydrogen-bond acceptors (Lipinski definition) is 6. The summed E-state index contributed by atoms with van der Waals surface area (Å²) >= 11 is 0. The molecule has 2 heterocycles. The van der Waals surface area contributed by atoms with Gasteiger partial charge in [-0.2, -0.15) is 0 Å². The fourth-order valence-electron chi connectivity index (χ4n) is 3.51. The lowest BCUT2D eigenvalue weighted by Gasteiger charge is -2.12. The summed E-state index contributed by atoms with van der Waals surface area (Å²) in [5, 5.41) is 5.74. The summed E-state index contributed by atoms with van der Waals surface area (Å²) < 4.78 is 29.0. The Morgan fingerprint density at radius 1 is 1.26 bits per heavy atom. The number of hydrogen-bond donors (Lipinski definition) is 0. The van der Waals surface area contributed by atoms with E-state index in [4.69, 9.17) is 4.52 Å². The van der Waals surface area contributed by atoms with E-state index >= 15 is 0 Å². The highest BCUT2D eigenvalue weighted by atomic mass is 32.2. The van der Waals surface area contributed by atoms with Crippen LogP contribution in [0.4, 0.5) is 0 Å². The molecule has 3 aromatic rings. The van der Waals surface area contributed by atoms with E-state index in [2.05, 4.69) is 22.0 Å². The van der Waals surface area contributed by atoms with Crippen molar-refractivity contribution >= 4 is 31.7 Å². The molecular weight excluding hydrogens is 314 g/mol. The monoisotopic (exact) mass is 331 g/mol.